The Balaban J connectivity index is 0.000000172. The van der Waals surface area contributed by atoms with Gasteiger partial charge < -0.3 is 36.1 Å². The number of carbonyl (C=O) groups is 2. The summed E-state index contributed by atoms with van der Waals surface area (Å²) in [6, 6.07) is 51.7. The van der Waals surface area contributed by atoms with Crippen molar-refractivity contribution in [2.45, 2.75) is 11.8 Å². The molecule has 0 fully saturated rings. The number of hydrogen-bond acceptors (Lipinski definition) is 12. The summed E-state index contributed by atoms with van der Waals surface area (Å²) in [5.74, 6) is 0.807. The molecular weight excluding hydrogens is 933 g/mol. The molecular formula is C55H42N8O8S. The topological polar surface area (TPSA) is 236 Å². The van der Waals surface area contributed by atoms with Gasteiger partial charge >= 0.3 is 0 Å². The van der Waals surface area contributed by atoms with Crippen molar-refractivity contribution in [1.29, 1.82) is 0 Å². The minimum absolute atomic E-state index is 0.0143. The summed E-state index contributed by atoms with van der Waals surface area (Å²) in [6.45, 7) is 1.86. The highest BCUT2D eigenvalue weighted by molar-refractivity contribution is 7.90. The van der Waals surface area contributed by atoms with Crippen LogP contribution in [-0.4, -0.2) is 58.7 Å². The van der Waals surface area contributed by atoms with Gasteiger partial charge in [-0.25, -0.2) is 21.8 Å². The summed E-state index contributed by atoms with van der Waals surface area (Å²) in [7, 11) is -4.14. The number of hydrogen-bond donors (Lipinski definition) is 5. The first-order valence-corrected chi connectivity index (χ1v) is 23.7. The number of benzene rings is 7. The number of nitrogens with two attached hydrogens (primary N) is 2. The molecule has 0 aliphatic heterocycles. The van der Waals surface area contributed by atoms with Crippen molar-refractivity contribution in [3.8, 4) is 45.9 Å². The van der Waals surface area contributed by atoms with E-state index in [4.69, 9.17) is 20.9 Å². The quantitative estimate of drug-likeness (QED) is 0.0719. The van der Waals surface area contributed by atoms with Gasteiger partial charge in [0.05, 0.1) is 39.6 Å². The van der Waals surface area contributed by atoms with Gasteiger partial charge in [-0.05, 0) is 91.9 Å². The number of phenolic OH excluding ortho intramolecular Hbond substituents is 2. The summed E-state index contributed by atoms with van der Waals surface area (Å²) in [5.41, 5.74) is 16.2. The molecule has 17 heteroatoms. The predicted molar refractivity (Wildman–Crippen MR) is 273 cm³/mol. The normalized spacial score (nSPS) is 11.3. The molecule has 11 aromatic rings. The third kappa shape index (κ3) is 8.74. The molecule has 16 nitrogen and oxygen atoms in total. The van der Waals surface area contributed by atoms with Crippen molar-refractivity contribution in [1.82, 2.24) is 28.5 Å². The molecule has 7 aromatic carbocycles. The average molecular weight is 975 g/mol. The third-order valence-electron chi connectivity index (χ3n) is 11.7. The second kappa shape index (κ2) is 18.9. The molecule has 0 radical (unpaired) electrons. The van der Waals surface area contributed by atoms with Crippen LogP contribution in [0, 0.1) is 6.92 Å². The van der Waals surface area contributed by atoms with Gasteiger partial charge in [0.25, 0.3) is 10.0 Å². The molecule has 0 unspecified atom stereocenters. The maximum absolute atomic E-state index is 13.9. The van der Waals surface area contributed by atoms with Gasteiger partial charge in [0.2, 0.25) is 11.6 Å². The number of aryl methyl sites for hydroxylation is 1. The Morgan fingerprint density at radius 2 is 1.18 bits per heavy atom. The van der Waals surface area contributed by atoms with Crippen LogP contribution in [0.3, 0.4) is 0 Å². The fourth-order valence-corrected chi connectivity index (χ4v) is 9.55. The number of fused-ring (bicyclic) bond motifs is 2. The molecule has 0 spiro atoms. The molecule has 0 saturated heterocycles. The van der Waals surface area contributed by atoms with E-state index in [0.29, 0.717) is 45.3 Å². The minimum Gasteiger partial charge on any atom is -0.506 e. The highest BCUT2D eigenvalue weighted by atomic mass is 32.2. The van der Waals surface area contributed by atoms with E-state index >= 15 is 0 Å². The van der Waals surface area contributed by atoms with E-state index in [9.17, 15) is 28.2 Å². The zero-order chi connectivity index (χ0) is 50.1. The molecule has 0 atom stereocenters. The van der Waals surface area contributed by atoms with E-state index in [1.807, 2.05) is 55.5 Å². The first-order chi connectivity index (χ1) is 34.8. The smallest absolute Gasteiger partial charge is 0.268 e. The second-order valence-corrected chi connectivity index (χ2v) is 18.2. The van der Waals surface area contributed by atoms with Crippen LogP contribution in [0.4, 0.5) is 11.6 Å². The maximum atomic E-state index is 13.9. The standard InChI is InChI=1S/C31H24N4O5S.C24H18N4O3/c1-20-11-14-24(15-12-20)41(38,39)35-26-10-6-5-7-21(26)17-28(35)30(37)25-19-33-34(31(25)32)27-16-13-23(18-29(27)36)40-22-8-3-2-4-9-22;25-24-16(23(30)18-13-15-7-1-2-8-17(15)27-18)14-26-28(24)19-9-3-5-11-21(19)31-22-12-6-4-10-20(22)29/h2-19,36H,32H2,1H3;1-14,27,29H,25H2. The van der Waals surface area contributed by atoms with E-state index in [1.54, 1.807) is 103 Å². The van der Waals surface area contributed by atoms with Crippen LogP contribution >= 0.6 is 0 Å². The van der Waals surface area contributed by atoms with Gasteiger partial charge in [-0.1, -0.05) is 96.6 Å². The summed E-state index contributed by atoms with van der Waals surface area (Å²) in [4.78, 5) is 30.1. The van der Waals surface area contributed by atoms with Crippen LogP contribution in [0.5, 0.6) is 34.5 Å². The van der Waals surface area contributed by atoms with E-state index in [1.165, 1.54) is 52.1 Å². The molecule has 0 bridgehead atoms. The number of nitrogen functional groups attached to an aromatic ring is 2. The fraction of sp³-hybridized carbons (Fsp3) is 0.0182. The lowest BCUT2D eigenvalue weighted by atomic mass is 10.1. The Hall–Kier alpha value is -9.87. The maximum Gasteiger partial charge on any atom is 0.268 e. The Morgan fingerprint density at radius 3 is 1.89 bits per heavy atom. The Bertz CT molecular complexity index is 3920. The molecule has 72 heavy (non-hydrogen) atoms. The number of H-pyrrole nitrogens is 1. The largest absolute Gasteiger partial charge is 0.506 e. The first-order valence-electron chi connectivity index (χ1n) is 22.2. The Morgan fingerprint density at radius 1 is 0.569 bits per heavy atom. The van der Waals surface area contributed by atoms with E-state index in [2.05, 4.69) is 15.2 Å². The number of para-hydroxylation sites is 7. The van der Waals surface area contributed by atoms with E-state index in [-0.39, 0.29) is 56.3 Å². The van der Waals surface area contributed by atoms with Crippen molar-refractivity contribution < 1.29 is 37.7 Å². The number of aromatic amines is 1. The molecule has 7 N–H and O–H groups in total. The number of aromatic hydroxyl groups is 2. The van der Waals surface area contributed by atoms with Crippen LogP contribution in [0.2, 0.25) is 0 Å². The lowest BCUT2D eigenvalue weighted by Gasteiger charge is -2.13. The van der Waals surface area contributed by atoms with Crippen LogP contribution < -0.4 is 20.9 Å². The third-order valence-corrected chi connectivity index (χ3v) is 13.4. The molecule has 4 aromatic heterocycles. The molecule has 11 rings (SSSR count). The Kier molecular flexibility index (Phi) is 12.0. The number of rotatable bonds is 12. The number of nitrogens with zero attached hydrogens (tertiary/aromatic N) is 5. The van der Waals surface area contributed by atoms with Crippen molar-refractivity contribution in [2.24, 2.45) is 0 Å². The van der Waals surface area contributed by atoms with Crippen molar-refractivity contribution >= 4 is 55.0 Å². The number of anilines is 2. The van der Waals surface area contributed by atoms with Crippen LogP contribution in [-0.2, 0) is 10.0 Å². The summed E-state index contributed by atoms with van der Waals surface area (Å²) >= 11 is 0. The summed E-state index contributed by atoms with van der Waals surface area (Å²) < 4.78 is 43.0. The fourth-order valence-electron chi connectivity index (χ4n) is 8.04. The van der Waals surface area contributed by atoms with Gasteiger partial charge in [-0.15, -0.1) is 0 Å². The zero-order valence-corrected chi connectivity index (χ0v) is 38.9. The van der Waals surface area contributed by atoms with Crippen LogP contribution in [0.25, 0.3) is 33.2 Å². The summed E-state index contributed by atoms with van der Waals surface area (Å²) in [6.07, 6.45) is 2.70. The highest BCUT2D eigenvalue weighted by Crippen LogP contribution is 2.36. The second-order valence-electron chi connectivity index (χ2n) is 16.4. The first kappa shape index (κ1) is 45.9. The van der Waals surface area contributed by atoms with E-state index in [0.717, 1.165) is 20.4 Å². The molecule has 0 aliphatic carbocycles. The molecule has 0 amide bonds. The van der Waals surface area contributed by atoms with Crippen molar-refractivity contribution in [2.75, 3.05) is 11.5 Å². The monoisotopic (exact) mass is 974 g/mol. The van der Waals surface area contributed by atoms with Crippen LogP contribution in [0.15, 0.2) is 199 Å². The molecule has 4 heterocycles. The number of carbonyl (C=O) groups excluding carboxylic acids is 2. The SMILES string of the molecule is Cc1ccc(S(=O)(=O)n2c(C(=O)c3cnn(-c4ccc(Oc5ccccc5)cc4O)c3N)cc3ccccc32)cc1.Nc1c(C(=O)c2cc3ccccc3[nH]2)cnn1-c1ccccc1Oc1ccccc1O. The Labute approximate surface area is 411 Å². The predicted octanol–water partition coefficient (Wildman–Crippen LogP) is 10.3. The zero-order valence-electron chi connectivity index (χ0n) is 38.1. The highest BCUT2D eigenvalue weighted by Gasteiger charge is 2.30. The molecule has 0 aliphatic rings. The van der Waals surface area contributed by atoms with Gasteiger partial charge in [0, 0.05) is 22.4 Å². The molecule has 0 saturated carbocycles. The minimum atomic E-state index is -4.14. The van der Waals surface area contributed by atoms with Gasteiger partial charge in [-0.3, -0.25) is 9.59 Å². The van der Waals surface area contributed by atoms with Gasteiger partial charge in [-0.2, -0.15) is 10.2 Å². The lowest BCUT2D eigenvalue weighted by Crippen LogP contribution is -2.19. The van der Waals surface area contributed by atoms with Crippen molar-refractivity contribution in [3.63, 3.8) is 0 Å². The van der Waals surface area contributed by atoms with E-state index < -0.39 is 15.8 Å². The average Bonchev–Trinajstić information content (AvgIpc) is 4.19. The molecule has 356 valence electrons. The summed E-state index contributed by atoms with van der Waals surface area (Å²) in [5, 5.41) is 30.8. The van der Waals surface area contributed by atoms with Crippen LogP contribution in [0.1, 0.15) is 37.7 Å². The van der Waals surface area contributed by atoms with Gasteiger partial charge in [0.15, 0.2) is 17.2 Å². The number of phenols is 2. The number of aromatic nitrogens is 6. The number of ether oxygens (including phenoxy) is 2. The lowest BCUT2D eigenvalue weighted by molar-refractivity contribution is 0.102. The number of ketones is 2. The van der Waals surface area contributed by atoms with Crippen molar-refractivity contribution in [3.05, 3.63) is 222 Å². The van der Waals surface area contributed by atoms with Gasteiger partial charge in [0.1, 0.15) is 46.0 Å². The number of nitrogens with one attached hydrogen (secondary N) is 1.